The lowest BCUT2D eigenvalue weighted by Gasteiger charge is -2.26. The van der Waals surface area contributed by atoms with E-state index in [0.29, 0.717) is 31.5 Å². The van der Waals surface area contributed by atoms with Crippen molar-refractivity contribution >= 4 is 23.7 Å². The van der Waals surface area contributed by atoms with Crippen LogP contribution in [0.5, 0.6) is 0 Å². The summed E-state index contributed by atoms with van der Waals surface area (Å²) in [5.41, 5.74) is 13.0. The molecule has 3 amide bonds. The van der Waals surface area contributed by atoms with Crippen molar-refractivity contribution in [2.24, 2.45) is 17.4 Å². The standard InChI is InChI=1S/C27H41N7O5/c1-17(2)12-22(33-24(35)20(29)14-19-15-30-16-31-19)26(37)32-21(10-6-7-11-28)25(36)34-23(27(38)39)13-18-8-4-3-5-9-18/h3-5,8-9,15-17,20-23H,6-7,10-14,28-29H2,1-2H3,(H,30,31)(H,32,37)(H,33,35)(H,34,36)(H,38,39)/t20-,21-,22-,23-/m0/s1. The van der Waals surface area contributed by atoms with Gasteiger partial charge >= 0.3 is 5.97 Å². The number of imidazole rings is 1. The summed E-state index contributed by atoms with van der Waals surface area (Å²) >= 11 is 0. The van der Waals surface area contributed by atoms with Crippen molar-refractivity contribution in [3.63, 3.8) is 0 Å². The first kappa shape index (κ1) is 31.4. The van der Waals surface area contributed by atoms with Gasteiger partial charge in [0.25, 0.3) is 0 Å². The second kappa shape index (κ2) is 16.2. The van der Waals surface area contributed by atoms with Crippen LogP contribution in [0.1, 0.15) is 50.8 Å². The first-order chi connectivity index (χ1) is 18.6. The first-order valence-corrected chi connectivity index (χ1v) is 13.2. The predicted molar refractivity (Wildman–Crippen MR) is 146 cm³/mol. The number of benzene rings is 1. The summed E-state index contributed by atoms with van der Waals surface area (Å²) in [6.07, 6.45) is 5.14. The number of aromatic nitrogens is 2. The van der Waals surface area contributed by atoms with Crippen molar-refractivity contribution in [1.82, 2.24) is 25.9 Å². The number of nitrogens with zero attached hydrogens (tertiary/aromatic N) is 1. The molecule has 4 atom stereocenters. The zero-order chi connectivity index (χ0) is 28.8. The third-order valence-corrected chi connectivity index (χ3v) is 6.14. The number of carbonyl (C=O) groups is 4. The number of hydrogen-bond acceptors (Lipinski definition) is 7. The summed E-state index contributed by atoms with van der Waals surface area (Å²) in [7, 11) is 0. The zero-order valence-corrected chi connectivity index (χ0v) is 22.6. The second-order valence-corrected chi connectivity index (χ2v) is 10.00. The molecule has 1 heterocycles. The molecule has 0 fully saturated rings. The van der Waals surface area contributed by atoms with E-state index in [1.54, 1.807) is 30.5 Å². The van der Waals surface area contributed by atoms with E-state index < -0.39 is 47.9 Å². The van der Waals surface area contributed by atoms with E-state index in [1.165, 1.54) is 6.33 Å². The topological polar surface area (TPSA) is 205 Å². The van der Waals surface area contributed by atoms with Gasteiger partial charge in [-0.25, -0.2) is 9.78 Å². The summed E-state index contributed by atoms with van der Waals surface area (Å²) in [4.78, 5) is 58.0. The maximum atomic E-state index is 13.3. The van der Waals surface area contributed by atoms with Crippen LogP contribution >= 0.6 is 0 Å². The third kappa shape index (κ3) is 11.2. The van der Waals surface area contributed by atoms with Gasteiger partial charge < -0.3 is 37.5 Å². The lowest BCUT2D eigenvalue weighted by molar-refractivity contribution is -0.142. The Morgan fingerprint density at radius 1 is 0.923 bits per heavy atom. The Balaban J connectivity index is 2.12. The second-order valence-electron chi connectivity index (χ2n) is 10.00. The number of aromatic amines is 1. The van der Waals surface area contributed by atoms with Gasteiger partial charge in [0.15, 0.2) is 0 Å². The van der Waals surface area contributed by atoms with Crippen LogP contribution in [0.15, 0.2) is 42.9 Å². The average Bonchev–Trinajstić information content (AvgIpc) is 3.40. The Hall–Kier alpha value is -3.77. The van der Waals surface area contributed by atoms with E-state index in [1.807, 2.05) is 19.9 Å². The highest BCUT2D eigenvalue weighted by Gasteiger charge is 2.30. The Bertz CT molecular complexity index is 1050. The van der Waals surface area contributed by atoms with E-state index in [2.05, 4.69) is 25.9 Å². The van der Waals surface area contributed by atoms with E-state index in [0.717, 1.165) is 5.56 Å². The number of amides is 3. The Kier molecular flexibility index (Phi) is 13.1. The number of aliphatic carboxylic acids is 1. The molecule has 0 aliphatic carbocycles. The van der Waals surface area contributed by atoms with Crippen molar-refractivity contribution in [1.29, 1.82) is 0 Å². The number of rotatable bonds is 17. The van der Waals surface area contributed by atoms with Crippen LogP contribution in [0.3, 0.4) is 0 Å². The van der Waals surface area contributed by atoms with Crippen LogP contribution in [0, 0.1) is 5.92 Å². The molecule has 12 nitrogen and oxygen atoms in total. The Morgan fingerprint density at radius 2 is 1.56 bits per heavy atom. The lowest BCUT2D eigenvalue weighted by Crippen LogP contribution is -2.57. The number of carboxylic acids is 1. The zero-order valence-electron chi connectivity index (χ0n) is 22.6. The van der Waals surface area contributed by atoms with E-state index in [-0.39, 0.29) is 25.2 Å². The van der Waals surface area contributed by atoms with Gasteiger partial charge in [-0.15, -0.1) is 0 Å². The maximum Gasteiger partial charge on any atom is 0.326 e. The summed E-state index contributed by atoms with van der Waals surface area (Å²) in [5, 5.41) is 17.7. The third-order valence-electron chi connectivity index (χ3n) is 6.14. The molecule has 2 rings (SSSR count). The fraction of sp³-hybridized carbons (Fsp3) is 0.519. The van der Waals surface area contributed by atoms with Gasteiger partial charge in [0.1, 0.15) is 18.1 Å². The van der Waals surface area contributed by atoms with Gasteiger partial charge in [-0.1, -0.05) is 44.2 Å². The molecule has 0 aliphatic rings. The number of H-pyrrole nitrogens is 1. The molecule has 2 aromatic rings. The lowest BCUT2D eigenvalue weighted by atomic mass is 10.0. The maximum absolute atomic E-state index is 13.3. The molecule has 0 spiro atoms. The summed E-state index contributed by atoms with van der Waals surface area (Å²) < 4.78 is 0. The molecule has 0 aliphatic heterocycles. The quantitative estimate of drug-likeness (QED) is 0.137. The molecule has 0 bridgehead atoms. The minimum absolute atomic E-state index is 0.0513. The van der Waals surface area contributed by atoms with Gasteiger partial charge in [0.05, 0.1) is 18.1 Å². The minimum Gasteiger partial charge on any atom is -0.480 e. The molecule has 214 valence electrons. The summed E-state index contributed by atoms with van der Waals surface area (Å²) in [6.45, 7) is 4.22. The minimum atomic E-state index is -1.19. The normalized spacial score (nSPS) is 14.2. The molecular weight excluding hydrogens is 502 g/mol. The number of hydrogen-bond donors (Lipinski definition) is 7. The number of nitrogens with one attached hydrogen (secondary N) is 4. The summed E-state index contributed by atoms with van der Waals surface area (Å²) in [6, 6.07) is 4.90. The fourth-order valence-electron chi connectivity index (χ4n) is 4.06. The Labute approximate surface area is 228 Å². The number of unbranched alkanes of at least 4 members (excludes halogenated alkanes) is 1. The largest absolute Gasteiger partial charge is 0.480 e. The van der Waals surface area contributed by atoms with Gasteiger partial charge in [0.2, 0.25) is 17.7 Å². The molecule has 1 aromatic heterocycles. The van der Waals surface area contributed by atoms with Crippen LogP contribution in [0.25, 0.3) is 0 Å². The van der Waals surface area contributed by atoms with E-state index >= 15 is 0 Å². The number of nitrogens with two attached hydrogens (primary N) is 2. The number of carbonyl (C=O) groups excluding carboxylic acids is 3. The van der Waals surface area contributed by atoms with Gasteiger partial charge in [-0.3, -0.25) is 14.4 Å². The molecule has 0 radical (unpaired) electrons. The number of carboxylic acid groups (broad SMARTS) is 1. The summed E-state index contributed by atoms with van der Waals surface area (Å²) in [5.74, 6) is -2.82. The molecule has 0 saturated carbocycles. The van der Waals surface area contributed by atoms with Gasteiger partial charge in [-0.05, 0) is 43.7 Å². The van der Waals surface area contributed by atoms with Crippen molar-refractivity contribution in [3.8, 4) is 0 Å². The molecular formula is C27H41N7O5. The van der Waals surface area contributed by atoms with E-state index in [9.17, 15) is 24.3 Å². The van der Waals surface area contributed by atoms with Crippen LogP contribution in [0.2, 0.25) is 0 Å². The monoisotopic (exact) mass is 543 g/mol. The van der Waals surface area contributed by atoms with Crippen molar-refractivity contribution < 1.29 is 24.3 Å². The molecule has 39 heavy (non-hydrogen) atoms. The van der Waals surface area contributed by atoms with Crippen LogP contribution in [-0.2, 0) is 32.0 Å². The highest BCUT2D eigenvalue weighted by Crippen LogP contribution is 2.10. The molecule has 0 unspecified atom stereocenters. The van der Waals surface area contributed by atoms with Crippen molar-refractivity contribution in [3.05, 3.63) is 54.1 Å². The fourth-order valence-corrected chi connectivity index (χ4v) is 4.06. The van der Waals surface area contributed by atoms with Crippen LogP contribution in [0.4, 0.5) is 0 Å². The van der Waals surface area contributed by atoms with Gasteiger partial charge in [0, 0.05) is 19.0 Å². The first-order valence-electron chi connectivity index (χ1n) is 13.2. The van der Waals surface area contributed by atoms with E-state index in [4.69, 9.17) is 11.5 Å². The SMILES string of the molecule is CC(C)C[C@H](NC(=O)[C@@H](N)Cc1c[nH]cn1)C(=O)N[C@@H](CCCCN)C(=O)N[C@@H](Cc1ccccc1)C(=O)O. The highest BCUT2D eigenvalue weighted by molar-refractivity contribution is 5.94. The van der Waals surface area contributed by atoms with Gasteiger partial charge in [-0.2, -0.15) is 0 Å². The predicted octanol–water partition coefficient (Wildman–Crippen LogP) is 0.236. The van der Waals surface area contributed by atoms with Crippen LogP contribution < -0.4 is 27.4 Å². The molecule has 1 aromatic carbocycles. The molecule has 9 N–H and O–H groups in total. The Morgan fingerprint density at radius 3 is 2.15 bits per heavy atom. The smallest absolute Gasteiger partial charge is 0.326 e. The molecule has 0 saturated heterocycles. The molecule has 12 heteroatoms. The van der Waals surface area contributed by atoms with Crippen molar-refractivity contribution in [2.75, 3.05) is 6.54 Å². The van der Waals surface area contributed by atoms with Crippen LogP contribution in [-0.4, -0.2) is 69.5 Å². The average molecular weight is 544 g/mol. The highest BCUT2D eigenvalue weighted by atomic mass is 16.4. The van der Waals surface area contributed by atoms with Crippen molar-refractivity contribution in [2.45, 2.75) is 76.5 Å².